The van der Waals surface area contributed by atoms with E-state index in [0.29, 0.717) is 23.2 Å². The maximum Gasteiger partial charge on any atom is 0.416 e. The van der Waals surface area contributed by atoms with E-state index in [0.717, 1.165) is 36.5 Å². The molecule has 0 unspecified atom stereocenters. The largest absolute Gasteiger partial charge is 0.416 e. The third-order valence-electron chi connectivity index (χ3n) is 3.94. The molecule has 1 heterocycles. The fraction of sp³-hybridized carbons (Fsp3) is 0.400. The van der Waals surface area contributed by atoms with Crippen molar-refractivity contribution in [3.8, 4) is 0 Å². The summed E-state index contributed by atoms with van der Waals surface area (Å²) in [5.41, 5.74) is -2.28. The summed E-state index contributed by atoms with van der Waals surface area (Å²) in [5, 5.41) is 21.9. The van der Waals surface area contributed by atoms with Gasteiger partial charge in [0.25, 0.3) is 5.69 Å². The molecule has 1 fully saturated rings. The van der Waals surface area contributed by atoms with Gasteiger partial charge < -0.3 is 9.88 Å². The Bertz CT molecular complexity index is 895. The van der Waals surface area contributed by atoms with Crippen LogP contribution in [0.1, 0.15) is 30.1 Å². The first kappa shape index (κ1) is 19.1. The molecule has 0 aliphatic heterocycles. The molecule has 1 saturated carbocycles. The van der Waals surface area contributed by atoms with Crippen LogP contribution < -0.4 is 5.32 Å². The van der Waals surface area contributed by atoms with Gasteiger partial charge in [-0.1, -0.05) is 11.8 Å². The number of nitro groups is 1. The molecule has 0 radical (unpaired) electrons. The summed E-state index contributed by atoms with van der Waals surface area (Å²) in [4.78, 5) is 22.1. The average Bonchev–Trinajstić information content (AvgIpc) is 3.35. The van der Waals surface area contributed by atoms with E-state index in [1.807, 2.05) is 0 Å². The lowest BCUT2D eigenvalue weighted by Crippen LogP contribution is -2.16. The van der Waals surface area contributed by atoms with Crippen molar-refractivity contribution >= 4 is 29.0 Å². The average molecular weight is 401 g/mol. The summed E-state index contributed by atoms with van der Waals surface area (Å²) in [7, 11) is 1.79. The normalized spacial score (nSPS) is 14.2. The predicted molar refractivity (Wildman–Crippen MR) is 90.4 cm³/mol. The van der Waals surface area contributed by atoms with E-state index in [-0.39, 0.29) is 11.4 Å². The number of nitro benzene ring substituents is 1. The van der Waals surface area contributed by atoms with Crippen LogP contribution in [0.5, 0.6) is 0 Å². The van der Waals surface area contributed by atoms with Gasteiger partial charge in [0.1, 0.15) is 11.5 Å². The van der Waals surface area contributed by atoms with E-state index in [2.05, 4.69) is 15.5 Å². The molecule has 1 amide bonds. The number of hydrogen-bond donors (Lipinski definition) is 1. The van der Waals surface area contributed by atoms with E-state index < -0.39 is 28.3 Å². The van der Waals surface area contributed by atoms with Crippen molar-refractivity contribution in [3.63, 3.8) is 0 Å². The SMILES string of the molecule is Cn1c(SCC(=O)Nc2ccc(C(F)(F)F)cc2[N+](=O)[O-])nnc1C1CC1. The molecule has 1 N–H and O–H groups in total. The second kappa shape index (κ2) is 7.18. The van der Waals surface area contributed by atoms with Crippen LogP contribution in [-0.2, 0) is 18.0 Å². The first-order valence-electron chi connectivity index (χ1n) is 7.84. The van der Waals surface area contributed by atoms with E-state index in [1.165, 1.54) is 0 Å². The molecule has 8 nitrogen and oxygen atoms in total. The lowest BCUT2D eigenvalue weighted by Gasteiger charge is -2.10. The second-order valence-corrected chi connectivity index (χ2v) is 6.94. The van der Waals surface area contributed by atoms with Crippen molar-refractivity contribution in [2.75, 3.05) is 11.1 Å². The lowest BCUT2D eigenvalue weighted by molar-refractivity contribution is -0.384. The third-order valence-corrected chi connectivity index (χ3v) is 4.96. The number of carbonyl (C=O) groups excluding carboxylic acids is 1. The van der Waals surface area contributed by atoms with E-state index in [4.69, 9.17) is 0 Å². The van der Waals surface area contributed by atoms with Crippen molar-refractivity contribution in [1.82, 2.24) is 14.8 Å². The number of thioether (sulfide) groups is 1. The Hall–Kier alpha value is -2.63. The zero-order valence-electron chi connectivity index (χ0n) is 14.0. The van der Waals surface area contributed by atoms with Crippen molar-refractivity contribution in [2.24, 2.45) is 7.05 Å². The monoisotopic (exact) mass is 401 g/mol. The molecule has 1 aliphatic carbocycles. The van der Waals surface area contributed by atoms with Gasteiger partial charge in [-0.25, -0.2) is 0 Å². The number of anilines is 1. The number of nitrogens with one attached hydrogen (secondary N) is 1. The smallest absolute Gasteiger partial charge is 0.320 e. The number of benzene rings is 1. The number of nitrogens with zero attached hydrogens (tertiary/aromatic N) is 4. The van der Waals surface area contributed by atoms with E-state index >= 15 is 0 Å². The molecule has 2 aromatic rings. The summed E-state index contributed by atoms with van der Waals surface area (Å²) < 4.78 is 39.9. The first-order chi connectivity index (χ1) is 12.7. The minimum absolute atomic E-state index is 0.116. The van der Waals surface area contributed by atoms with Crippen LogP contribution >= 0.6 is 11.8 Å². The molecular weight excluding hydrogens is 387 g/mol. The van der Waals surface area contributed by atoms with E-state index in [9.17, 15) is 28.1 Å². The molecule has 0 bridgehead atoms. The van der Waals surface area contributed by atoms with Gasteiger partial charge in [-0.05, 0) is 25.0 Å². The minimum Gasteiger partial charge on any atom is -0.320 e. The summed E-state index contributed by atoms with van der Waals surface area (Å²) >= 11 is 1.09. The number of halogens is 3. The van der Waals surface area contributed by atoms with Crippen LogP contribution in [0.25, 0.3) is 0 Å². The molecule has 12 heteroatoms. The molecule has 144 valence electrons. The van der Waals surface area contributed by atoms with Crippen molar-refractivity contribution in [1.29, 1.82) is 0 Å². The Morgan fingerprint density at radius 1 is 1.41 bits per heavy atom. The Morgan fingerprint density at radius 2 is 2.11 bits per heavy atom. The van der Waals surface area contributed by atoms with Crippen LogP contribution in [0, 0.1) is 10.1 Å². The fourth-order valence-corrected chi connectivity index (χ4v) is 3.15. The van der Waals surface area contributed by atoms with Crippen molar-refractivity contribution < 1.29 is 22.9 Å². The van der Waals surface area contributed by atoms with Gasteiger partial charge in [-0.3, -0.25) is 14.9 Å². The lowest BCUT2D eigenvalue weighted by atomic mass is 10.1. The molecule has 1 aliphatic rings. The highest BCUT2D eigenvalue weighted by atomic mass is 32.2. The molecule has 0 spiro atoms. The quantitative estimate of drug-likeness (QED) is 0.452. The molecule has 1 aromatic carbocycles. The highest BCUT2D eigenvalue weighted by Crippen LogP contribution is 2.39. The number of amides is 1. The maximum absolute atomic E-state index is 12.7. The highest BCUT2D eigenvalue weighted by molar-refractivity contribution is 7.99. The topological polar surface area (TPSA) is 103 Å². The number of rotatable bonds is 6. The summed E-state index contributed by atoms with van der Waals surface area (Å²) in [6, 6.07) is 1.95. The maximum atomic E-state index is 12.7. The Balaban J connectivity index is 1.67. The van der Waals surface area contributed by atoms with Crippen LogP contribution in [0.4, 0.5) is 24.5 Å². The van der Waals surface area contributed by atoms with Crippen molar-refractivity contribution in [2.45, 2.75) is 30.1 Å². The zero-order valence-corrected chi connectivity index (χ0v) is 14.8. The molecule has 27 heavy (non-hydrogen) atoms. The van der Waals surface area contributed by atoms with Gasteiger partial charge in [0.05, 0.1) is 16.2 Å². The van der Waals surface area contributed by atoms with Crippen LogP contribution in [-0.4, -0.2) is 31.3 Å². The van der Waals surface area contributed by atoms with Gasteiger partial charge in [0.2, 0.25) is 5.91 Å². The van der Waals surface area contributed by atoms with Crippen LogP contribution in [0.15, 0.2) is 23.4 Å². The van der Waals surface area contributed by atoms with Gasteiger partial charge in [0, 0.05) is 19.0 Å². The summed E-state index contributed by atoms with van der Waals surface area (Å²) in [5.74, 6) is 0.519. The minimum atomic E-state index is -4.71. The molecule has 3 rings (SSSR count). The Kier molecular flexibility index (Phi) is 5.09. The highest BCUT2D eigenvalue weighted by Gasteiger charge is 2.33. The van der Waals surface area contributed by atoms with Gasteiger partial charge in [-0.15, -0.1) is 10.2 Å². The summed E-state index contributed by atoms with van der Waals surface area (Å²) in [6.07, 6.45) is -2.61. The fourth-order valence-electron chi connectivity index (χ4n) is 2.43. The number of hydrogen-bond acceptors (Lipinski definition) is 6. The van der Waals surface area contributed by atoms with Gasteiger partial charge in [0.15, 0.2) is 5.16 Å². The number of carbonyl (C=O) groups is 1. The van der Waals surface area contributed by atoms with Gasteiger partial charge in [-0.2, -0.15) is 13.2 Å². The third kappa shape index (κ3) is 4.38. The standard InChI is InChI=1S/C15H14F3N5O3S/c1-22-13(8-2-3-8)20-21-14(22)27-7-12(24)19-10-5-4-9(15(16,17)18)6-11(10)23(25)26/h4-6,8H,2-3,7H2,1H3,(H,19,24). The Morgan fingerprint density at radius 3 is 2.70 bits per heavy atom. The molecule has 1 aromatic heterocycles. The van der Waals surface area contributed by atoms with Gasteiger partial charge >= 0.3 is 6.18 Å². The van der Waals surface area contributed by atoms with E-state index in [1.54, 1.807) is 11.6 Å². The number of aromatic nitrogens is 3. The molecule has 0 atom stereocenters. The number of alkyl halides is 3. The summed E-state index contributed by atoms with van der Waals surface area (Å²) in [6.45, 7) is 0. The molecule has 0 saturated heterocycles. The predicted octanol–water partition coefficient (Wildman–Crippen LogP) is 3.35. The zero-order chi connectivity index (χ0) is 19.8. The Labute approximate surface area is 155 Å². The van der Waals surface area contributed by atoms with Crippen LogP contribution in [0.3, 0.4) is 0 Å². The first-order valence-corrected chi connectivity index (χ1v) is 8.83. The van der Waals surface area contributed by atoms with Crippen LogP contribution in [0.2, 0.25) is 0 Å². The van der Waals surface area contributed by atoms with Crippen molar-refractivity contribution in [3.05, 3.63) is 39.7 Å². The second-order valence-electron chi connectivity index (χ2n) is 6.00. The molecular formula is C15H14F3N5O3S.